The highest BCUT2D eigenvalue weighted by Gasteiger charge is 2.28. The smallest absolute Gasteiger partial charge is 0.272 e. The van der Waals surface area contributed by atoms with E-state index < -0.39 is 11.7 Å². The Bertz CT molecular complexity index is 1510. The van der Waals surface area contributed by atoms with Crippen molar-refractivity contribution in [2.75, 3.05) is 19.0 Å². The lowest BCUT2D eigenvalue weighted by Gasteiger charge is -2.16. The third kappa shape index (κ3) is 4.67. The van der Waals surface area contributed by atoms with Gasteiger partial charge >= 0.3 is 0 Å². The van der Waals surface area contributed by atoms with Gasteiger partial charge in [0.1, 0.15) is 5.82 Å². The van der Waals surface area contributed by atoms with Gasteiger partial charge in [-0.3, -0.25) is 9.59 Å². The number of nitrogens with one attached hydrogen (secondary N) is 2. The lowest BCUT2D eigenvalue weighted by Crippen LogP contribution is -2.26. The van der Waals surface area contributed by atoms with Crippen LogP contribution >= 0.6 is 0 Å². The van der Waals surface area contributed by atoms with Crippen LogP contribution in [0.1, 0.15) is 39.8 Å². The highest BCUT2D eigenvalue weighted by atomic mass is 19.1. The van der Waals surface area contributed by atoms with E-state index in [-0.39, 0.29) is 23.8 Å². The second kappa shape index (κ2) is 9.82. The highest BCUT2D eigenvalue weighted by Crippen LogP contribution is 2.25. The Balaban J connectivity index is 1.35. The van der Waals surface area contributed by atoms with Crippen LogP contribution in [-0.4, -0.2) is 50.7 Å². The maximum absolute atomic E-state index is 14.8. The number of nitrogens with zero attached hydrogens (tertiary/aromatic N) is 4. The molecule has 0 fully saturated rings. The van der Waals surface area contributed by atoms with Gasteiger partial charge in [0, 0.05) is 43.8 Å². The van der Waals surface area contributed by atoms with Crippen molar-refractivity contribution in [3.8, 4) is 0 Å². The van der Waals surface area contributed by atoms with E-state index in [1.54, 1.807) is 42.5 Å². The van der Waals surface area contributed by atoms with Gasteiger partial charge in [-0.25, -0.2) is 19.5 Å². The maximum atomic E-state index is 14.8. The van der Waals surface area contributed by atoms with Gasteiger partial charge in [0.2, 0.25) is 5.95 Å². The van der Waals surface area contributed by atoms with E-state index in [1.165, 1.54) is 6.07 Å². The van der Waals surface area contributed by atoms with E-state index in [4.69, 9.17) is 4.74 Å². The standard InChI is InChI=1S/C26H25FN6O3/c1-15(36-2)11-28-26-29-12-17-13-33(14-23(17)30-26)25(35)20-9-16(7-8-21(20)27)10-22-18-5-3-4-6-19(18)24(34)32-31-22/h3-9,12,15H,10-11,13-14H2,1-2H3,(H,32,34)(H,28,29,30)/t15-/m1/s1. The maximum Gasteiger partial charge on any atom is 0.272 e. The Morgan fingerprint density at radius 2 is 2.03 bits per heavy atom. The van der Waals surface area contributed by atoms with Gasteiger partial charge in [-0.1, -0.05) is 24.3 Å². The fraction of sp³-hybridized carbons (Fsp3) is 0.269. The predicted molar refractivity (Wildman–Crippen MR) is 132 cm³/mol. The van der Waals surface area contributed by atoms with E-state index in [9.17, 15) is 14.0 Å². The zero-order valence-corrected chi connectivity index (χ0v) is 19.9. The first-order valence-electron chi connectivity index (χ1n) is 11.6. The van der Waals surface area contributed by atoms with Crippen LogP contribution in [0.15, 0.2) is 53.5 Å². The summed E-state index contributed by atoms with van der Waals surface area (Å²) < 4.78 is 20.0. The zero-order valence-electron chi connectivity index (χ0n) is 19.9. The van der Waals surface area contributed by atoms with E-state index >= 15 is 0 Å². The van der Waals surface area contributed by atoms with Gasteiger partial charge in [-0.2, -0.15) is 5.10 Å². The fourth-order valence-electron chi connectivity index (χ4n) is 4.22. The number of carbonyl (C=O) groups excluding carboxylic acids is 1. The summed E-state index contributed by atoms with van der Waals surface area (Å²) in [7, 11) is 1.63. The normalized spacial score (nSPS) is 13.6. The van der Waals surface area contributed by atoms with Crippen molar-refractivity contribution >= 4 is 22.6 Å². The number of methoxy groups -OCH3 is 1. The molecular formula is C26H25FN6O3. The number of hydrogen-bond donors (Lipinski definition) is 2. The Labute approximate surface area is 206 Å². The molecule has 1 aliphatic rings. The highest BCUT2D eigenvalue weighted by molar-refractivity contribution is 5.95. The summed E-state index contributed by atoms with van der Waals surface area (Å²) in [6, 6.07) is 11.6. The van der Waals surface area contributed by atoms with Crippen LogP contribution in [-0.2, 0) is 24.2 Å². The van der Waals surface area contributed by atoms with Crippen molar-refractivity contribution in [3.63, 3.8) is 0 Å². The molecule has 2 aromatic carbocycles. The van der Waals surface area contributed by atoms with Crippen LogP contribution < -0.4 is 10.9 Å². The quantitative estimate of drug-likeness (QED) is 0.411. The van der Waals surface area contributed by atoms with Crippen molar-refractivity contribution in [3.05, 3.63) is 92.9 Å². The lowest BCUT2D eigenvalue weighted by molar-refractivity contribution is 0.0745. The van der Waals surface area contributed by atoms with Crippen LogP contribution in [0.4, 0.5) is 10.3 Å². The Kier molecular flexibility index (Phi) is 6.43. The average Bonchev–Trinajstić information content (AvgIpc) is 3.33. The Morgan fingerprint density at radius 1 is 1.22 bits per heavy atom. The summed E-state index contributed by atoms with van der Waals surface area (Å²) in [4.78, 5) is 35.7. The number of halogens is 1. The SMILES string of the molecule is CO[C@H](C)CNc1ncc2c(n1)CN(C(=O)c1cc(Cc3n[nH]c(=O)c4ccccc34)ccc1F)C2. The number of ether oxygens (including phenoxy) is 1. The number of anilines is 1. The van der Waals surface area contributed by atoms with E-state index in [0.29, 0.717) is 42.1 Å². The number of carbonyl (C=O) groups is 1. The molecule has 4 aromatic rings. The van der Waals surface area contributed by atoms with Gasteiger partial charge in [0.15, 0.2) is 0 Å². The summed E-state index contributed by atoms with van der Waals surface area (Å²) >= 11 is 0. The molecule has 0 saturated carbocycles. The Morgan fingerprint density at radius 3 is 2.83 bits per heavy atom. The molecular weight excluding hydrogens is 463 g/mol. The number of aromatic nitrogens is 4. The van der Waals surface area contributed by atoms with Crippen molar-refractivity contribution < 1.29 is 13.9 Å². The average molecular weight is 489 g/mol. The largest absolute Gasteiger partial charge is 0.380 e. The second-order valence-electron chi connectivity index (χ2n) is 8.79. The van der Waals surface area contributed by atoms with Crippen molar-refractivity contribution in [2.45, 2.75) is 32.5 Å². The lowest BCUT2D eigenvalue weighted by atomic mass is 10.0. The van der Waals surface area contributed by atoms with Gasteiger partial charge in [0.05, 0.1) is 35.0 Å². The molecule has 0 saturated heterocycles. The molecule has 0 unspecified atom stereocenters. The minimum atomic E-state index is -0.596. The zero-order chi connectivity index (χ0) is 25.2. The van der Waals surface area contributed by atoms with E-state index in [2.05, 4.69) is 25.5 Å². The predicted octanol–water partition coefficient (Wildman–Crippen LogP) is 3.05. The third-order valence-corrected chi connectivity index (χ3v) is 6.30. The number of rotatable bonds is 7. The first kappa shape index (κ1) is 23.6. The van der Waals surface area contributed by atoms with Crippen LogP contribution in [0, 0.1) is 5.82 Å². The van der Waals surface area contributed by atoms with Crippen LogP contribution in [0.3, 0.4) is 0 Å². The fourth-order valence-corrected chi connectivity index (χ4v) is 4.22. The van der Waals surface area contributed by atoms with Crippen LogP contribution in [0.25, 0.3) is 10.8 Å². The number of benzene rings is 2. The molecule has 0 spiro atoms. The molecule has 0 aliphatic carbocycles. The molecule has 2 N–H and O–H groups in total. The molecule has 1 amide bonds. The molecule has 184 valence electrons. The summed E-state index contributed by atoms with van der Waals surface area (Å²) in [6.07, 6.45) is 2.02. The summed E-state index contributed by atoms with van der Waals surface area (Å²) in [5.41, 5.74) is 2.61. The first-order valence-corrected chi connectivity index (χ1v) is 11.6. The minimum Gasteiger partial charge on any atom is -0.380 e. The molecule has 5 rings (SSSR count). The first-order chi connectivity index (χ1) is 17.4. The molecule has 3 heterocycles. The van der Waals surface area contributed by atoms with Gasteiger partial charge in [-0.05, 0) is 30.7 Å². The monoisotopic (exact) mass is 488 g/mol. The molecule has 1 atom stereocenters. The third-order valence-electron chi connectivity index (χ3n) is 6.30. The number of hydrogen-bond acceptors (Lipinski definition) is 7. The van der Waals surface area contributed by atoms with Crippen molar-refractivity contribution in [2.24, 2.45) is 0 Å². The summed E-state index contributed by atoms with van der Waals surface area (Å²) in [6.45, 7) is 3.05. The van der Waals surface area contributed by atoms with Crippen LogP contribution in [0.2, 0.25) is 0 Å². The van der Waals surface area contributed by atoms with Gasteiger partial charge < -0.3 is 15.0 Å². The number of fused-ring (bicyclic) bond motifs is 2. The molecule has 1 aliphatic heterocycles. The number of aromatic amines is 1. The molecule has 0 bridgehead atoms. The summed E-state index contributed by atoms with van der Waals surface area (Å²) in [5, 5.41) is 11.1. The minimum absolute atomic E-state index is 0.000459. The van der Waals surface area contributed by atoms with Crippen molar-refractivity contribution in [1.29, 1.82) is 0 Å². The molecule has 9 nitrogen and oxygen atoms in total. The number of H-pyrrole nitrogens is 1. The Hall–Kier alpha value is -4.18. The number of amides is 1. The molecule has 10 heteroatoms. The molecule has 36 heavy (non-hydrogen) atoms. The van der Waals surface area contributed by atoms with E-state index in [1.807, 2.05) is 19.1 Å². The molecule has 0 radical (unpaired) electrons. The molecule has 2 aromatic heterocycles. The second-order valence-corrected chi connectivity index (χ2v) is 8.79. The summed E-state index contributed by atoms with van der Waals surface area (Å²) in [5.74, 6) is -0.559. The van der Waals surface area contributed by atoms with E-state index in [0.717, 1.165) is 16.6 Å². The topological polar surface area (TPSA) is 113 Å². The van der Waals surface area contributed by atoms with Gasteiger partial charge in [0.25, 0.3) is 11.5 Å². The van der Waals surface area contributed by atoms with Crippen LogP contribution in [0.5, 0.6) is 0 Å². The van der Waals surface area contributed by atoms with Gasteiger partial charge in [-0.15, -0.1) is 0 Å². The van der Waals surface area contributed by atoms with Crippen molar-refractivity contribution in [1.82, 2.24) is 25.1 Å².